The summed E-state index contributed by atoms with van der Waals surface area (Å²) in [5.41, 5.74) is 0.807. The smallest absolute Gasteiger partial charge is 0.264 e. The first kappa shape index (κ1) is 18.6. The van der Waals surface area contributed by atoms with Crippen LogP contribution >= 0.6 is 0 Å². The molecule has 0 saturated carbocycles. The molecule has 1 amide bonds. The highest BCUT2D eigenvalue weighted by atomic mass is 32.2. The lowest BCUT2D eigenvalue weighted by Gasteiger charge is -2.19. The van der Waals surface area contributed by atoms with Crippen molar-refractivity contribution in [3.05, 3.63) is 90.2 Å². The predicted octanol–water partition coefficient (Wildman–Crippen LogP) is 3.90. The maximum Gasteiger partial charge on any atom is 0.264 e. The molecule has 3 rings (SSSR count). The van der Waals surface area contributed by atoms with Crippen LogP contribution in [0.15, 0.2) is 83.8 Å². The maximum absolute atomic E-state index is 13.6. The first-order chi connectivity index (χ1) is 12.9. The zero-order valence-electron chi connectivity index (χ0n) is 14.5. The van der Waals surface area contributed by atoms with Crippen molar-refractivity contribution in [2.45, 2.75) is 4.90 Å². The van der Waals surface area contributed by atoms with Gasteiger partial charge in [-0.3, -0.25) is 9.10 Å². The Morgan fingerprint density at radius 3 is 2.11 bits per heavy atom. The van der Waals surface area contributed by atoms with Crippen molar-refractivity contribution < 1.29 is 17.6 Å². The molecule has 0 fully saturated rings. The molecule has 0 aromatic heterocycles. The van der Waals surface area contributed by atoms with Gasteiger partial charge in [-0.25, -0.2) is 12.8 Å². The Morgan fingerprint density at radius 2 is 1.48 bits per heavy atom. The number of nitrogens with zero attached hydrogens (tertiary/aromatic N) is 1. The lowest BCUT2D eigenvalue weighted by atomic mass is 10.2. The van der Waals surface area contributed by atoms with Gasteiger partial charge >= 0.3 is 0 Å². The topological polar surface area (TPSA) is 66.5 Å². The Hall–Kier alpha value is -3.19. The second-order valence-corrected chi connectivity index (χ2v) is 7.74. The van der Waals surface area contributed by atoms with Gasteiger partial charge in [0.15, 0.2) is 0 Å². The molecular weight excluding hydrogens is 367 g/mol. The standard InChI is InChI=1S/C20H17FN2O3S/c1-23(16-7-3-2-4-8-16)27(25,26)17-13-11-15(12-14-17)20(24)22-19-10-6-5-9-18(19)21/h2-14H,1H3,(H,22,24). The number of carbonyl (C=O) groups excluding carboxylic acids is 1. The van der Waals surface area contributed by atoms with Crippen molar-refractivity contribution in [1.29, 1.82) is 0 Å². The molecule has 0 aliphatic rings. The number of hydrogen-bond acceptors (Lipinski definition) is 3. The van der Waals surface area contributed by atoms with Crippen LogP contribution in [0.1, 0.15) is 10.4 Å². The number of hydrogen-bond donors (Lipinski definition) is 1. The largest absolute Gasteiger partial charge is 0.319 e. The quantitative estimate of drug-likeness (QED) is 0.725. The zero-order chi connectivity index (χ0) is 19.4. The number of sulfonamides is 1. The van der Waals surface area contributed by atoms with Gasteiger partial charge in [-0.1, -0.05) is 30.3 Å². The fraction of sp³-hybridized carbons (Fsp3) is 0.0500. The molecule has 0 aliphatic heterocycles. The van der Waals surface area contributed by atoms with Gasteiger partial charge in [0.1, 0.15) is 5.82 Å². The van der Waals surface area contributed by atoms with Gasteiger partial charge in [0.2, 0.25) is 0 Å². The number of rotatable bonds is 5. The summed E-state index contributed by atoms with van der Waals surface area (Å²) < 4.78 is 40.3. The molecule has 5 nitrogen and oxygen atoms in total. The summed E-state index contributed by atoms with van der Waals surface area (Å²) >= 11 is 0. The van der Waals surface area contributed by atoms with Crippen molar-refractivity contribution in [2.75, 3.05) is 16.7 Å². The van der Waals surface area contributed by atoms with Gasteiger partial charge in [-0.05, 0) is 48.5 Å². The minimum absolute atomic E-state index is 0.0521. The molecule has 0 bridgehead atoms. The maximum atomic E-state index is 13.6. The summed E-state index contributed by atoms with van der Waals surface area (Å²) in [6.45, 7) is 0. The van der Waals surface area contributed by atoms with Crippen LogP contribution in [0, 0.1) is 5.82 Å². The van der Waals surface area contributed by atoms with E-state index < -0.39 is 21.7 Å². The predicted molar refractivity (Wildman–Crippen MR) is 103 cm³/mol. The Kier molecular flexibility index (Phi) is 5.23. The lowest BCUT2D eigenvalue weighted by molar-refractivity contribution is 0.102. The molecule has 138 valence electrons. The van der Waals surface area contributed by atoms with E-state index in [4.69, 9.17) is 0 Å². The lowest BCUT2D eigenvalue weighted by Crippen LogP contribution is -2.26. The minimum atomic E-state index is -3.76. The van der Waals surface area contributed by atoms with Crippen LogP contribution in [-0.4, -0.2) is 21.4 Å². The molecule has 3 aromatic rings. The average molecular weight is 384 g/mol. The van der Waals surface area contributed by atoms with Crippen molar-refractivity contribution >= 4 is 27.3 Å². The highest BCUT2D eigenvalue weighted by molar-refractivity contribution is 7.92. The number of amides is 1. The number of benzene rings is 3. The fourth-order valence-electron chi connectivity index (χ4n) is 2.47. The molecule has 0 aliphatic carbocycles. The molecule has 0 spiro atoms. The van der Waals surface area contributed by atoms with E-state index in [9.17, 15) is 17.6 Å². The molecule has 0 saturated heterocycles. The van der Waals surface area contributed by atoms with Gasteiger partial charge in [0, 0.05) is 12.6 Å². The average Bonchev–Trinajstić information content (AvgIpc) is 2.70. The Morgan fingerprint density at radius 1 is 0.889 bits per heavy atom. The van der Waals surface area contributed by atoms with Crippen LogP contribution in [-0.2, 0) is 10.0 Å². The summed E-state index contributed by atoms with van der Waals surface area (Å²) in [7, 11) is -2.30. The second kappa shape index (κ2) is 7.59. The van der Waals surface area contributed by atoms with E-state index in [0.29, 0.717) is 5.69 Å². The highest BCUT2D eigenvalue weighted by Gasteiger charge is 2.21. The van der Waals surface area contributed by atoms with Crippen LogP contribution in [0.2, 0.25) is 0 Å². The van der Waals surface area contributed by atoms with Crippen molar-refractivity contribution in [1.82, 2.24) is 0 Å². The van der Waals surface area contributed by atoms with E-state index in [1.54, 1.807) is 36.4 Å². The number of para-hydroxylation sites is 2. The molecule has 7 heteroatoms. The van der Waals surface area contributed by atoms with Crippen molar-refractivity contribution in [2.24, 2.45) is 0 Å². The molecule has 27 heavy (non-hydrogen) atoms. The van der Waals surface area contributed by atoms with Gasteiger partial charge in [-0.2, -0.15) is 0 Å². The summed E-state index contributed by atoms with van der Waals surface area (Å²) in [5.74, 6) is -1.07. The third-order valence-electron chi connectivity index (χ3n) is 4.02. The van der Waals surface area contributed by atoms with Gasteiger partial charge in [-0.15, -0.1) is 0 Å². The highest BCUT2D eigenvalue weighted by Crippen LogP contribution is 2.22. The number of carbonyl (C=O) groups is 1. The van der Waals surface area contributed by atoms with Crippen LogP contribution in [0.4, 0.5) is 15.8 Å². The summed E-state index contributed by atoms with van der Waals surface area (Å²) in [6.07, 6.45) is 0. The fourth-order valence-corrected chi connectivity index (χ4v) is 3.67. The summed E-state index contributed by atoms with van der Waals surface area (Å²) in [6, 6.07) is 20.0. The second-order valence-electron chi connectivity index (χ2n) is 5.77. The van der Waals surface area contributed by atoms with Crippen LogP contribution < -0.4 is 9.62 Å². The van der Waals surface area contributed by atoms with Gasteiger partial charge in [0.05, 0.1) is 16.3 Å². The van der Waals surface area contributed by atoms with Crippen molar-refractivity contribution in [3.63, 3.8) is 0 Å². The van der Waals surface area contributed by atoms with Gasteiger partial charge < -0.3 is 5.32 Å². The van der Waals surface area contributed by atoms with E-state index in [0.717, 1.165) is 0 Å². The number of nitrogens with one attached hydrogen (secondary N) is 1. The zero-order valence-corrected chi connectivity index (χ0v) is 15.3. The van der Waals surface area contributed by atoms with Gasteiger partial charge in [0.25, 0.3) is 15.9 Å². The van der Waals surface area contributed by atoms with E-state index >= 15 is 0 Å². The Labute approximate surface area is 157 Å². The van der Waals surface area contributed by atoms with Crippen molar-refractivity contribution in [3.8, 4) is 0 Å². The molecule has 1 N–H and O–H groups in total. The van der Waals surface area contributed by atoms with Crippen LogP contribution in [0.5, 0.6) is 0 Å². The minimum Gasteiger partial charge on any atom is -0.319 e. The third-order valence-corrected chi connectivity index (χ3v) is 5.82. The molecule has 0 atom stereocenters. The normalized spacial score (nSPS) is 11.0. The van der Waals surface area contributed by atoms with E-state index in [-0.39, 0.29) is 16.1 Å². The summed E-state index contributed by atoms with van der Waals surface area (Å²) in [4.78, 5) is 12.3. The first-order valence-corrected chi connectivity index (χ1v) is 9.53. The molecule has 0 unspecified atom stereocenters. The van der Waals surface area contributed by atoms with E-state index in [1.807, 2.05) is 0 Å². The number of anilines is 2. The Balaban J connectivity index is 1.80. The number of halogens is 1. The SMILES string of the molecule is CN(c1ccccc1)S(=O)(=O)c1ccc(C(=O)Nc2ccccc2F)cc1. The molecule has 0 heterocycles. The molecule has 0 radical (unpaired) electrons. The molecular formula is C20H17FN2O3S. The van der Waals surface area contributed by atoms with Crippen LogP contribution in [0.3, 0.4) is 0 Å². The molecule has 3 aromatic carbocycles. The monoisotopic (exact) mass is 384 g/mol. The first-order valence-electron chi connectivity index (χ1n) is 8.09. The van der Waals surface area contributed by atoms with E-state index in [1.165, 1.54) is 53.8 Å². The van der Waals surface area contributed by atoms with E-state index in [2.05, 4.69) is 5.32 Å². The summed E-state index contributed by atoms with van der Waals surface area (Å²) in [5, 5.41) is 2.46. The Bertz CT molecular complexity index is 1050. The third kappa shape index (κ3) is 3.98. The van der Waals surface area contributed by atoms with Crippen LogP contribution in [0.25, 0.3) is 0 Å².